The summed E-state index contributed by atoms with van der Waals surface area (Å²) in [6.07, 6.45) is 7.38. The molecular formula is C18H29NO5. The number of amides is 1. The van der Waals surface area contributed by atoms with Gasteiger partial charge in [0, 0.05) is 12.6 Å². The third kappa shape index (κ3) is 3.75. The maximum absolute atomic E-state index is 12.9. The van der Waals surface area contributed by atoms with Crippen LogP contribution in [0.2, 0.25) is 0 Å². The number of carboxylic acids is 1. The molecule has 3 fully saturated rings. The third-order valence-electron chi connectivity index (χ3n) is 5.78. The standard InChI is InChI=1S/C18H29NO5/c1-12(24-11-14-7-4-5-9-23-14)17(20)19-15-8-3-2-6-13(15)10-16(19)18(21)22/h12-16H,2-11H2,1H3,(H,21,22)/t12-,13-,14-,15-,16-/m0/s1. The van der Waals surface area contributed by atoms with Crippen LogP contribution in [0.3, 0.4) is 0 Å². The quantitative estimate of drug-likeness (QED) is 0.831. The van der Waals surface area contributed by atoms with Crippen LogP contribution in [0.25, 0.3) is 0 Å². The summed E-state index contributed by atoms with van der Waals surface area (Å²) in [7, 11) is 0. The monoisotopic (exact) mass is 339 g/mol. The molecule has 1 saturated carbocycles. The zero-order valence-corrected chi connectivity index (χ0v) is 14.5. The van der Waals surface area contributed by atoms with E-state index in [1.807, 2.05) is 0 Å². The van der Waals surface area contributed by atoms with Gasteiger partial charge < -0.3 is 19.5 Å². The minimum atomic E-state index is -0.888. The number of hydrogen-bond donors (Lipinski definition) is 1. The molecular weight excluding hydrogens is 310 g/mol. The van der Waals surface area contributed by atoms with Crippen LogP contribution in [0.4, 0.5) is 0 Å². The fraction of sp³-hybridized carbons (Fsp3) is 0.889. The van der Waals surface area contributed by atoms with Crippen LogP contribution in [0.5, 0.6) is 0 Å². The van der Waals surface area contributed by atoms with E-state index in [2.05, 4.69) is 0 Å². The average molecular weight is 339 g/mol. The van der Waals surface area contributed by atoms with E-state index in [1.165, 1.54) is 0 Å². The maximum Gasteiger partial charge on any atom is 0.326 e. The van der Waals surface area contributed by atoms with Gasteiger partial charge in [0.2, 0.25) is 0 Å². The molecule has 1 amide bonds. The normalized spacial score (nSPS) is 34.6. The van der Waals surface area contributed by atoms with Gasteiger partial charge in [0.05, 0.1) is 12.7 Å². The van der Waals surface area contributed by atoms with Crippen LogP contribution in [0.15, 0.2) is 0 Å². The van der Waals surface area contributed by atoms with Crippen LogP contribution in [0.1, 0.15) is 58.3 Å². The summed E-state index contributed by atoms with van der Waals surface area (Å²) in [6.45, 7) is 2.90. The molecule has 24 heavy (non-hydrogen) atoms. The molecule has 0 radical (unpaired) electrons. The van der Waals surface area contributed by atoms with E-state index in [4.69, 9.17) is 9.47 Å². The van der Waals surface area contributed by atoms with E-state index in [-0.39, 0.29) is 18.1 Å². The number of carbonyl (C=O) groups is 2. The molecule has 0 unspecified atom stereocenters. The summed E-state index contributed by atoms with van der Waals surface area (Å²) in [5, 5.41) is 9.54. The van der Waals surface area contributed by atoms with Crippen molar-refractivity contribution >= 4 is 11.9 Å². The van der Waals surface area contributed by atoms with Gasteiger partial charge in [-0.25, -0.2) is 4.79 Å². The van der Waals surface area contributed by atoms with Crippen LogP contribution >= 0.6 is 0 Å². The van der Waals surface area contributed by atoms with Gasteiger partial charge in [-0.1, -0.05) is 12.8 Å². The number of rotatable bonds is 5. The van der Waals surface area contributed by atoms with E-state index in [0.717, 1.165) is 51.6 Å². The van der Waals surface area contributed by atoms with Crippen molar-refractivity contribution in [3.05, 3.63) is 0 Å². The van der Waals surface area contributed by atoms with Crippen LogP contribution in [-0.4, -0.2) is 59.4 Å². The highest BCUT2D eigenvalue weighted by molar-refractivity contribution is 5.87. The molecule has 3 rings (SSSR count). The predicted octanol–water partition coefficient (Wildman–Crippen LogP) is 2.20. The summed E-state index contributed by atoms with van der Waals surface area (Å²) in [5.74, 6) is -0.731. The Kier molecular flexibility index (Phi) is 5.76. The second kappa shape index (κ2) is 7.83. The number of likely N-dealkylation sites (tertiary alicyclic amines) is 1. The highest BCUT2D eigenvalue weighted by Crippen LogP contribution is 2.40. The molecule has 0 aromatic heterocycles. The van der Waals surface area contributed by atoms with Gasteiger partial charge in [-0.2, -0.15) is 0 Å². The van der Waals surface area contributed by atoms with Crippen molar-refractivity contribution in [1.82, 2.24) is 4.90 Å². The van der Waals surface area contributed by atoms with Gasteiger partial charge in [0.15, 0.2) is 0 Å². The predicted molar refractivity (Wildman–Crippen MR) is 87.6 cm³/mol. The highest BCUT2D eigenvalue weighted by atomic mass is 16.5. The zero-order chi connectivity index (χ0) is 17.1. The molecule has 136 valence electrons. The molecule has 1 N–H and O–H groups in total. The number of fused-ring (bicyclic) bond motifs is 1. The molecule has 0 bridgehead atoms. The van der Waals surface area contributed by atoms with Crippen LogP contribution < -0.4 is 0 Å². The molecule has 6 heteroatoms. The first-order valence-electron chi connectivity index (χ1n) is 9.36. The van der Waals surface area contributed by atoms with Crippen molar-refractivity contribution in [2.45, 2.75) is 82.6 Å². The Morgan fingerprint density at radius 3 is 2.67 bits per heavy atom. The minimum Gasteiger partial charge on any atom is -0.480 e. The lowest BCUT2D eigenvalue weighted by Gasteiger charge is -2.34. The Morgan fingerprint density at radius 1 is 1.21 bits per heavy atom. The van der Waals surface area contributed by atoms with Gasteiger partial charge in [0.25, 0.3) is 5.91 Å². The van der Waals surface area contributed by atoms with Gasteiger partial charge >= 0.3 is 5.97 Å². The van der Waals surface area contributed by atoms with Gasteiger partial charge in [-0.05, 0) is 51.4 Å². The van der Waals surface area contributed by atoms with Crippen LogP contribution in [-0.2, 0) is 19.1 Å². The lowest BCUT2D eigenvalue weighted by atomic mass is 9.84. The molecule has 0 spiro atoms. The SMILES string of the molecule is C[C@H](OC[C@@H]1CCCCO1)C(=O)N1[C@H](C(=O)O)C[C@@H]2CCCC[C@@H]21. The molecule has 2 heterocycles. The first-order valence-corrected chi connectivity index (χ1v) is 9.36. The Bertz CT molecular complexity index is 462. The summed E-state index contributed by atoms with van der Waals surface area (Å²) < 4.78 is 11.4. The van der Waals surface area contributed by atoms with E-state index < -0.39 is 18.1 Å². The van der Waals surface area contributed by atoms with E-state index >= 15 is 0 Å². The van der Waals surface area contributed by atoms with E-state index in [1.54, 1.807) is 11.8 Å². The number of ether oxygens (including phenoxy) is 2. The Morgan fingerprint density at radius 2 is 1.96 bits per heavy atom. The molecule has 5 atom stereocenters. The van der Waals surface area contributed by atoms with Gasteiger partial charge in [-0.3, -0.25) is 4.79 Å². The molecule has 6 nitrogen and oxygen atoms in total. The van der Waals surface area contributed by atoms with Crippen molar-refractivity contribution in [3.63, 3.8) is 0 Å². The van der Waals surface area contributed by atoms with Crippen molar-refractivity contribution in [1.29, 1.82) is 0 Å². The Labute approximate surface area is 143 Å². The minimum absolute atomic E-state index is 0.0604. The first kappa shape index (κ1) is 17.7. The second-order valence-corrected chi connectivity index (χ2v) is 7.41. The lowest BCUT2D eigenvalue weighted by Crippen LogP contribution is -2.50. The fourth-order valence-electron chi connectivity index (χ4n) is 4.47. The first-order chi connectivity index (χ1) is 11.6. The molecule has 2 saturated heterocycles. The zero-order valence-electron chi connectivity index (χ0n) is 14.5. The van der Waals surface area contributed by atoms with Crippen LogP contribution in [0, 0.1) is 5.92 Å². The number of carbonyl (C=O) groups excluding carboxylic acids is 1. The Balaban J connectivity index is 1.61. The summed E-state index contributed by atoms with van der Waals surface area (Å²) >= 11 is 0. The van der Waals surface area contributed by atoms with Crippen molar-refractivity contribution in [2.75, 3.05) is 13.2 Å². The largest absolute Gasteiger partial charge is 0.480 e. The second-order valence-electron chi connectivity index (χ2n) is 7.41. The smallest absolute Gasteiger partial charge is 0.326 e. The molecule has 0 aromatic rings. The number of nitrogens with zero attached hydrogens (tertiary/aromatic N) is 1. The number of aliphatic carboxylic acids is 1. The number of hydrogen-bond acceptors (Lipinski definition) is 4. The lowest BCUT2D eigenvalue weighted by molar-refractivity contribution is -0.157. The van der Waals surface area contributed by atoms with E-state index in [9.17, 15) is 14.7 Å². The molecule has 3 aliphatic rings. The highest BCUT2D eigenvalue weighted by Gasteiger charge is 2.48. The molecule has 0 aromatic carbocycles. The van der Waals surface area contributed by atoms with E-state index in [0.29, 0.717) is 18.9 Å². The summed E-state index contributed by atoms with van der Waals surface area (Å²) in [6, 6.07) is -0.619. The van der Waals surface area contributed by atoms with Crippen molar-refractivity contribution in [3.8, 4) is 0 Å². The average Bonchev–Trinajstić information content (AvgIpc) is 2.99. The van der Waals surface area contributed by atoms with Gasteiger partial charge in [-0.15, -0.1) is 0 Å². The maximum atomic E-state index is 12.9. The molecule has 2 aliphatic heterocycles. The van der Waals surface area contributed by atoms with Gasteiger partial charge in [0.1, 0.15) is 12.1 Å². The third-order valence-corrected chi connectivity index (χ3v) is 5.78. The summed E-state index contributed by atoms with van der Waals surface area (Å²) in [4.78, 5) is 26.1. The van der Waals surface area contributed by atoms with Crippen molar-refractivity contribution in [2.24, 2.45) is 5.92 Å². The molecule has 1 aliphatic carbocycles. The summed E-state index contributed by atoms with van der Waals surface area (Å²) in [5.41, 5.74) is 0. The van der Waals surface area contributed by atoms with Crippen molar-refractivity contribution < 1.29 is 24.2 Å². The fourth-order valence-corrected chi connectivity index (χ4v) is 4.47. The topological polar surface area (TPSA) is 76.1 Å². The Hall–Kier alpha value is -1.14. The number of carboxylic acid groups (broad SMARTS) is 1.